The standard InChI is InChI=1S/C17H21F2N3O2/c1-4-24-8-7-17(23)21-11(2)14-10-20-22(12(14)3)16-6-5-13(18)9-15(16)19/h5-6,9-11H,4,7-8H2,1-3H3,(H,21,23)/t11-/m0/s1. The quantitative estimate of drug-likeness (QED) is 0.790. The Kier molecular flexibility index (Phi) is 6.03. The summed E-state index contributed by atoms with van der Waals surface area (Å²) in [6.07, 6.45) is 1.85. The molecular formula is C17H21F2N3O2. The normalized spacial score (nSPS) is 12.2. The average Bonchev–Trinajstić information content (AvgIpc) is 2.89. The van der Waals surface area contributed by atoms with E-state index in [2.05, 4.69) is 10.4 Å². The number of amides is 1. The van der Waals surface area contributed by atoms with Gasteiger partial charge in [0.15, 0.2) is 5.82 Å². The number of carbonyl (C=O) groups excluding carboxylic acids is 1. The molecule has 0 aliphatic rings. The molecule has 0 aliphatic heterocycles. The van der Waals surface area contributed by atoms with Crippen LogP contribution in [0.5, 0.6) is 0 Å². The van der Waals surface area contributed by atoms with Gasteiger partial charge in [0.2, 0.25) is 5.91 Å². The van der Waals surface area contributed by atoms with Crippen molar-refractivity contribution >= 4 is 5.91 Å². The Labute approximate surface area is 139 Å². The summed E-state index contributed by atoms with van der Waals surface area (Å²) in [5, 5.41) is 7.02. The Morgan fingerprint density at radius 2 is 2.17 bits per heavy atom. The fraction of sp³-hybridized carbons (Fsp3) is 0.412. The number of carbonyl (C=O) groups is 1. The van der Waals surface area contributed by atoms with Gasteiger partial charge in [-0.1, -0.05) is 0 Å². The van der Waals surface area contributed by atoms with Gasteiger partial charge in [-0.05, 0) is 32.9 Å². The molecule has 5 nitrogen and oxygen atoms in total. The van der Waals surface area contributed by atoms with Gasteiger partial charge in [0.25, 0.3) is 0 Å². The average molecular weight is 337 g/mol. The van der Waals surface area contributed by atoms with Crippen molar-refractivity contribution < 1.29 is 18.3 Å². The van der Waals surface area contributed by atoms with Gasteiger partial charge in [0.05, 0.1) is 18.8 Å². The van der Waals surface area contributed by atoms with E-state index in [1.807, 2.05) is 13.8 Å². The third-order valence-corrected chi connectivity index (χ3v) is 3.71. The monoisotopic (exact) mass is 337 g/mol. The Hall–Kier alpha value is -2.28. The SMILES string of the molecule is CCOCCC(=O)N[C@@H](C)c1cnn(-c2ccc(F)cc2F)c1C. The molecule has 1 aromatic carbocycles. The Morgan fingerprint density at radius 3 is 2.83 bits per heavy atom. The van der Waals surface area contributed by atoms with Crippen molar-refractivity contribution in [1.29, 1.82) is 0 Å². The molecule has 130 valence electrons. The Morgan fingerprint density at radius 1 is 1.42 bits per heavy atom. The van der Waals surface area contributed by atoms with Crippen molar-refractivity contribution in [2.45, 2.75) is 33.2 Å². The molecule has 0 saturated carbocycles. The summed E-state index contributed by atoms with van der Waals surface area (Å²) >= 11 is 0. The molecule has 1 amide bonds. The van der Waals surface area contributed by atoms with Crippen molar-refractivity contribution in [3.63, 3.8) is 0 Å². The minimum Gasteiger partial charge on any atom is -0.381 e. The third kappa shape index (κ3) is 4.17. The van der Waals surface area contributed by atoms with Crippen LogP contribution in [0.1, 0.15) is 37.6 Å². The van der Waals surface area contributed by atoms with E-state index in [9.17, 15) is 13.6 Å². The molecule has 0 unspecified atom stereocenters. The molecule has 2 aromatic rings. The lowest BCUT2D eigenvalue weighted by Crippen LogP contribution is -2.27. The highest BCUT2D eigenvalue weighted by molar-refractivity contribution is 5.76. The summed E-state index contributed by atoms with van der Waals surface area (Å²) in [5.74, 6) is -1.46. The van der Waals surface area contributed by atoms with Crippen LogP contribution < -0.4 is 5.32 Å². The van der Waals surface area contributed by atoms with Crippen LogP contribution in [0.15, 0.2) is 24.4 Å². The number of hydrogen-bond acceptors (Lipinski definition) is 3. The number of nitrogens with one attached hydrogen (secondary N) is 1. The molecule has 1 atom stereocenters. The van der Waals surface area contributed by atoms with Gasteiger partial charge in [-0.15, -0.1) is 0 Å². The van der Waals surface area contributed by atoms with Crippen LogP contribution in [0.3, 0.4) is 0 Å². The molecule has 0 radical (unpaired) electrons. The van der Waals surface area contributed by atoms with Crippen LogP contribution in [0.2, 0.25) is 0 Å². The van der Waals surface area contributed by atoms with Gasteiger partial charge in [-0.3, -0.25) is 4.79 Å². The molecule has 7 heteroatoms. The fourth-order valence-corrected chi connectivity index (χ4v) is 2.44. The van der Waals surface area contributed by atoms with Crippen LogP contribution in [-0.2, 0) is 9.53 Å². The smallest absolute Gasteiger partial charge is 0.222 e. The fourth-order valence-electron chi connectivity index (χ4n) is 2.44. The van der Waals surface area contributed by atoms with Crippen molar-refractivity contribution in [2.24, 2.45) is 0 Å². The van der Waals surface area contributed by atoms with Crippen molar-refractivity contribution in [3.05, 3.63) is 47.3 Å². The Bertz CT molecular complexity index is 716. The van der Waals surface area contributed by atoms with Crippen molar-refractivity contribution in [3.8, 4) is 5.69 Å². The van der Waals surface area contributed by atoms with Gasteiger partial charge in [-0.2, -0.15) is 5.10 Å². The minimum atomic E-state index is -0.693. The van der Waals surface area contributed by atoms with Crippen LogP contribution >= 0.6 is 0 Å². The predicted octanol–water partition coefficient (Wildman–Crippen LogP) is 3.06. The summed E-state index contributed by atoms with van der Waals surface area (Å²) in [6.45, 7) is 6.40. The molecule has 0 fully saturated rings. The number of halogens is 2. The zero-order valence-electron chi connectivity index (χ0n) is 14.0. The minimum absolute atomic E-state index is 0.129. The lowest BCUT2D eigenvalue weighted by atomic mass is 10.1. The summed E-state index contributed by atoms with van der Waals surface area (Å²) in [5.41, 5.74) is 1.61. The van der Waals surface area contributed by atoms with Gasteiger partial charge >= 0.3 is 0 Å². The topological polar surface area (TPSA) is 56.1 Å². The lowest BCUT2D eigenvalue weighted by molar-refractivity contribution is -0.122. The first kappa shape index (κ1) is 18.1. The van der Waals surface area contributed by atoms with E-state index < -0.39 is 11.6 Å². The second-order valence-electron chi connectivity index (χ2n) is 5.43. The maximum atomic E-state index is 13.9. The van der Waals surface area contributed by atoms with E-state index in [1.54, 1.807) is 13.1 Å². The Balaban J connectivity index is 2.13. The number of aromatic nitrogens is 2. The van der Waals surface area contributed by atoms with Crippen LogP contribution in [-0.4, -0.2) is 28.9 Å². The van der Waals surface area contributed by atoms with Gasteiger partial charge in [0, 0.05) is 30.4 Å². The highest BCUT2D eigenvalue weighted by atomic mass is 19.1. The second-order valence-corrected chi connectivity index (χ2v) is 5.43. The molecule has 0 spiro atoms. The van der Waals surface area contributed by atoms with Crippen molar-refractivity contribution in [1.82, 2.24) is 15.1 Å². The first-order chi connectivity index (χ1) is 11.4. The molecule has 1 aromatic heterocycles. The summed E-state index contributed by atoms with van der Waals surface area (Å²) in [6, 6.07) is 3.05. The first-order valence-electron chi connectivity index (χ1n) is 7.81. The maximum Gasteiger partial charge on any atom is 0.222 e. The number of rotatable bonds is 7. The molecule has 0 aliphatic carbocycles. The van der Waals surface area contributed by atoms with E-state index in [1.165, 1.54) is 16.8 Å². The highest BCUT2D eigenvalue weighted by Crippen LogP contribution is 2.22. The molecule has 0 saturated heterocycles. The summed E-state index contributed by atoms with van der Waals surface area (Å²) in [4.78, 5) is 11.9. The zero-order chi connectivity index (χ0) is 17.7. The van der Waals surface area contributed by atoms with E-state index >= 15 is 0 Å². The number of ether oxygens (including phenoxy) is 1. The van der Waals surface area contributed by atoms with Gasteiger partial charge < -0.3 is 10.1 Å². The van der Waals surface area contributed by atoms with E-state index in [-0.39, 0.29) is 24.1 Å². The van der Waals surface area contributed by atoms with Gasteiger partial charge in [0.1, 0.15) is 11.5 Å². The van der Waals surface area contributed by atoms with Crippen LogP contribution in [0, 0.1) is 18.6 Å². The first-order valence-corrected chi connectivity index (χ1v) is 7.81. The van der Waals surface area contributed by atoms with E-state index in [0.29, 0.717) is 18.9 Å². The van der Waals surface area contributed by atoms with E-state index in [4.69, 9.17) is 4.74 Å². The third-order valence-electron chi connectivity index (χ3n) is 3.71. The molecule has 1 N–H and O–H groups in total. The number of nitrogens with zero attached hydrogens (tertiary/aromatic N) is 2. The highest BCUT2D eigenvalue weighted by Gasteiger charge is 2.18. The molecular weight excluding hydrogens is 316 g/mol. The molecule has 0 bridgehead atoms. The molecule has 1 heterocycles. The zero-order valence-corrected chi connectivity index (χ0v) is 14.0. The number of benzene rings is 1. The lowest BCUT2D eigenvalue weighted by Gasteiger charge is -2.14. The van der Waals surface area contributed by atoms with Crippen LogP contribution in [0.4, 0.5) is 8.78 Å². The van der Waals surface area contributed by atoms with E-state index in [0.717, 1.165) is 11.6 Å². The largest absolute Gasteiger partial charge is 0.381 e. The summed E-state index contributed by atoms with van der Waals surface area (Å²) in [7, 11) is 0. The van der Waals surface area contributed by atoms with Crippen LogP contribution in [0.25, 0.3) is 5.69 Å². The van der Waals surface area contributed by atoms with Gasteiger partial charge in [-0.25, -0.2) is 13.5 Å². The number of hydrogen-bond donors (Lipinski definition) is 1. The molecule has 2 rings (SSSR count). The molecule has 24 heavy (non-hydrogen) atoms. The maximum absolute atomic E-state index is 13.9. The summed E-state index contributed by atoms with van der Waals surface area (Å²) < 4.78 is 33.5. The van der Waals surface area contributed by atoms with Crippen molar-refractivity contribution in [2.75, 3.05) is 13.2 Å². The second kappa shape index (κ2) is 8.01. The predicted molar refractivity (Wildman–Crippen MR) is 85.9 cm³/mol.